The van der Waals surface area contributed by atoms with E-state index in [9.17, 15) is 5.11 Å². The highest BCUT2D eigenvalue weighted by Crippen LogP contribution is 2.38. The van der Waals surface area contributed by atoms with Crippen molar-refractivity contribution in [3.05, 3.63) is 48.7 Å². The molecule has 0 amide bonds. The maximum absolute atomic E-state index is 9.39. The zero-order chi connectivity index (χ0) is 13.5. The summed E-state index contributed by atoms with van der Waals surface area (Å²) in [5, 5.41) is 11.4. The largest absolute Gasteiger partial charge is 0.508 e. The summed E-state index contributed by atoms with van der Waals surface area (Å²) in [6, 6.07) is 12.9. The molecule has 98 valence electrons. The molecule has 4 rings (SSSR count). The highest BCUT2D eigenvalue weighted by atomic mass is 16.7. The van der Waals surface area contributed by atoms with Crippen LogP contribution in [0.3, 0.4) is 0 Å². The number of ether oxygens (including phenoxy) is 2. The number of benzene rings is 2. The summed E-state index contributed by atoms with van der Waals surface area (Å²) in [6.45, 7) is 0.258. The number of rotatable bonds is 1. The highest BCUT2D eigenvalue weighted by molar-refractivity contribution is 5.96. The molecule has 2 heterocycles. The van der Waals surface area contributed by atoms with Gasteiger partial charge < -0.3 is 14.6 Å². The molecule has 0 bridgehead atoms. The molecule has 1 aromatic heterocycles. The van der Waals surface area contributed by atoms with Gasteiger partial charge in [0.15, 0.2) is 11.5 Å². The Balaban J connectivity index is 1.97. The lowest BCUT2D eigenvalue weighted by Crippen LogP contribution is -1.92. The van der Waals surface area contributed by atoms with Crippen molar-refractivity contribution in [1.82, 2.24) is 4.98 Å². The Morgan fingerprint density at radius 2 is 1.70 bits per heavy atom. The van der Waals surface area contributed by atoms with Gasteiger partial charge in [-0.15, -0.1) is 0 Å². The number of pyridine rings is 1. The van der Waals surface area contributed by atoms with Crippen LogP contribution in [0.1, 0.15) is 0 Å². The summed E-state index contributed by atoms with van der Waals surface area (Å²) >= 11 is 0. The fourth-order valence-corrected chi connectivity index (χ4v) is 2.41. The molecule has 0 saturated carbocycles. The van der Waals surface area contributed by atoms with E-state index in [0.29, 0.717) is 0 Å². The van der Waals surface area contributed by atoms with Gasteiger partial charge in [-0.3, -0.25) is 4.98 Å². The molecule has 1 aliphatic rings. The van der Waals surface area contributed by atoms with Crippen molar-refractivity contribution in [3.63, 3.8) is 0 Å². The minimum absolute atomic E-state index is 0.242. The molecule has 3 aromatic rings. The predicted octanol–water partition coefficient (Wildman–Crippen LogP) is 3.34. The average molecular weight is 265 g/mol. The van der Waals surface area contributed by atoms with Gasteiger partial charge in [-0.05, 0) is 47.9 Å². The van der Waals surface area contributed by atoms with Gasteiger partial charge in [0.2, 0.25) is 6.79 Å². The van der Waals surface area contributed by atoms with Crippen molar-refractivity contribution in [3.8, 4) is 28.5 Å². The molecule has 0 atom stereocenters. The number of phenolic OH excluding ortho intramolecular Hbond substituents is 1. The Hall–Kier alpha value is -2.75. The Morgan fingerprint density at radius 1 is 0.950 bits per heavy atom. The van der Waals surface area contributed by atoms with Gasteiger partial charge in [-0.25, -0.2) is 0 Å². The third-order valence-corrected chi connectivity index (χ3v) is 3.40. The van der Waals surface area contributed by atoms with Gasteiger partial charge in [-0.1, -0.05) is 0 Å². The average Bonchev–Trinajstić information content (AvgIpc) is 2.92. The first kappa shape index (κ1) is 11.1. The second kappa shape index (κ2) is 4.13. The number of hydrogen-bond acceptors (Lipinski definition) is 4. The molecular formula is C16H11NO3. The topological polar surface area (TPSA) is 51.6 Å². The van der Waals surface area contributed by atoms with E-state index in [1.165, 1.54) is 0 Å². The highest BCUT2D eigenvalue weighted by Gasteiger charge is 2.16. The van der Waals surface area contributed by atoms with Crippen molar-refractivity contribution in [1.29, 1.82) is 0 Å². The predicted molar refractivity (Wildman–Crippen MR) is 75.0 cm³/mol. The molecule has 20 heavy (non-hydrogen) atoms. The summed E-state index contributed by atoms with van der Waals surface area (Å²) in [4.78, 5) is 4.45. The first-order chi connectivity index (χ1) is 9.81. The number of aromatic nitrogens is 1. The molecule has 0 unspecified atom stereocenters. The molecule has 4 nitrogen and oxygen atoms in total. The van der Waals surface area contributed by atoms with E-state index in [2.05, 4.69) is 4.98 Å². The lowest BCUT2D eigenvalue weighted by molar-refractivity contribution is 0.174. The summed E-state index contributed by atoms with van der Waals surface area (Å²) in [6.07, 6.45) is 1.77. The lowest BCUT2D eigenvalue weighted by atomic mass is 10.0. The van der Waals surface area contributed by atoms with Crippen LogP contribution in [-0.4, -0.2) is 16.9 Å². The Kier molecular flexibility index (Phi) is 2.29. The van der Waals surface area contributed by atoms with E-state index < -0.39 is 0 Å². The number of fused-ring (bicyclic) bond motifs is 2. The van der Waals surface area contributed by atoms with E-state index in [1.807, 2.05) is 30.3 Å². The van der Waals surface area contributed by atoms with E-state index in [1.54, 1.807) is 18.3 Å². The number of phenols is 1. The molecule has 0 aliphatic carbocycles. The SMILES string of the molecule is Oc1ccc(-c2nccc3cc4c(cc23)OCO4)cc1. The molecular weight excluding hydrogens is 254 g/mol. The molecule has 1 aliphatic heterocycles. The monoisotopic (exact) mass is 265 g/mol. The van der Waals surface area contributed by atoms with Crippen LogP contribution in [0.5, 0.6) is 17.2 Å². The van der Waals surface area contributed by atoms with Gasteiger partial charge in [-0.2, -0.15) is 0 Å². The van der Waals surface area contributed by atoms with E-state index in [0.717, 1.165) is 33.5 Å². The van der Waals surface area contributed by atoms with Crippen LogP contribution < -0.4 is 9.47 Å². The van der Waals surface area contributed by atoms with E-state index >= 15 is 0 Å². The lowest BCUT2D eigenvalue weighted by Gasteiger charge is -2.07. The molecule has 0 radical (unpaired) electrons. The van der Waals surface area contributed by atoms with Crippen LogP contribution in [0.4, 0.5) is 0 Å². The zero-order valence-corrected chi connectivity index (χ0v) is 10.5. The fraction of sp³-hybridized carbons (Fsp3) is 0.0625. The van der Waals surface area contributed by atoms with Crippen molar-refractivity contribution >= 4 is 10.8 Å². The van der Waals surface area contributed by atoms with Crippen LogP contribution in [0, 0.1) is 0 Å². The molecule has 0 spiro atoms. The molecule has 4 heteroatoms. The van der Waals surface area contributed by atoms with Crippen LogP contribution in [0.15, 0.2) is 48.7 Å². The minimum Gasteiger partial charge on any atom is -0.508 e. The van der Waals surface area contributed by atoms with Crippen molar-refractivity contribution in [2.45, 2.75) is 0 Å². The minimum atomic E-state index is 0.242. The quantitative estimate of drug-likeness (QED) is 0.733. The maximum atomic E-state index is 9.39. The second-order valence-corrected chi connectivity index (χ2v) is 4.63. The van der Waals surface area contributed by atoms with Crippen molar-refractivity contribution in [2.75, 3.05) is 6.79 Å². The first-order valence-corrected chi connectivity index (χ1v) is 6.29. The normalized spacial score (nSPS) is 12.8. The third kappa shape index (κ3) is 1.66. The van der Waals surface area contributed by atoms with E-state index in [4.69, 9.17) is 9.47 Å². The summed E-state index contributed by atoms with van der Waals surface area (Å²) in [5.74, 6) is 1.75. The third-order valence-electron chi connectivity index (χ3n) is 3.40. The maximum Gasteiger partial charge on any atom is 0.231 e. The van der Waals surface area contributed by atoms with Crippen LogP contribution >= 0.6 is 0 Å². The van der Waals surface area contributed by atoms with Gasteiger partial charge in [0.25, 0.3) is 0 Å². The molecule has 0 saturated heterocycles. The van der Waals surface area contributed by atoms with Gasteiger partial charge in [0, 0.05) is 17.1 Å². The summed E-state index contributed by atoms with van der Waals surface area (Å²) < 4.78 is 10.8. The van der Waals surface area contributed by atoms with Gasteiger partial charge in [0.1, 0.15) is 5.75 Å². The second-order valence-electron chi connectivity index (χ2n) is 4.63. The molecule has 2 aromatic carbocycles. The van der Waals surface area contributed by atoms with Crippen LogP contribution in [0.25, 0.3) is 22.0 Å². The van der Waals surface area contributed by atoms with Gasteiger partial charge >= 0.3 is 0 Å². The Morgan fingerprint density at radius 3 is 2.50 bits per heavy atom. The smallest absolute Gasteiger partial charge is 0.231 e. The van der Waals surface area contributed by atoms with Crippen molar-refractivity contribution in [2.24, 2.45) is 0 Å². The molecule has 1 N–H and O–H groups in total. The van der Waals surface area contributed by atoms with Gasteiger partial charge in [0.05, 0.1) is 5.69 Å². The fourth-order valence-electron chi connectivity index (χ4n) is 2.41. The number of aromatic hydroxyl groups is 1. The zero-order valence-electron chi connectivity index (χ0n) is 10.5. The molecule has 0 fully saturated rings. The van der Waals surface area contributed by atoms with Crippen molar-refractivity contribution < 1.29 is 14.6 Å². The number of hydrogen-bond donors (Lipinski definition) is 1. The Labute approximate surface area is 115 Å². The summed E-state index contributed by atoms with van der Waals surface area (Å²) in [5.41, 5.74) is 1.81. The standard InChI is InChI=1S/C16H11NO3/c18-12-3-1-10(2-4-12)16-13-8-15-14(19-9-20-15)7-11(13)5-6-17-16/h1-8,18H,9H2. The van der Waals surface area contributed by atoms with Crippen LogP contribution in [-0.2, 0) is 0 Å². The van der Waals surface area contributed by atoms with Crippen LogP contribution in [0.2, 0.25) is 0 Å². The Bertz CT molecular complexity index is 797. The number of nitrogens with zero attached hydrogens (tertiary/aromatic N) is 1. The van der Waals surface area contributed by atoms with E-state index in [-0.39, 0.29) is 12.5 Å². The first-order valence-electron chi connectivity index (χ1n) is 6.29. The summed E-state index contributed by atoms with van der Waals surface area (Å²) in [7, 11) is 0.